The molecule has 0 saturated carbocycles. The van der Waals surface area contributed by atoms with E-state index in [0.29, 0.717) is 22.2 Å². The third kappa shape index (κ3) is 5.84. The van der Waals surface area contributed by atoms with Crippen molar-refractivity contribution in [2.75, 3.05) is 13.2 Å². The van der Waals surface area contributed by atoms with Gasteiger partial charge in [-0.25, -0.2) is 13.1 Å². The first-order chi connectivity index (χ1) is 13.8. The van der Waals surface area contributed by atoms with Gasteiger partial charge in [0.05, 0.1) is 11.1 Å². The highest BCUT2D eigenvalue weighted by Crippen LogP contribution is 2.24. The highest BCUT2D eigenvalue weighted by molar-refractivity contribution is 7.89. The van der Waals surface area contributed by atoms with Crippen LogP contribution in [-0.2, 0) is 21.3 Å². The van der Waals surface area contributed by atoms with E-state index >= 15 is 0 Å². The van der Waals surface area contributed by atoms with Gasteiger partial charge in [0.1, 0.15) is 4.90 Å². The minimum absolute atomic E-state index is 0.0298. The quantitative estimate of drug-likeness (QED) is 0.630. The molecule has 10 heteroatoms. The molecule has 1 unspecified atom stereocenters. The van der Waals surface area contributed by atoms with Gasteiger partial charge in [0.15, 0.2) is 0 Å². The lowest BCUT2D eigenvalue weighted by Gasteiger charge is -2.13. The van der Waals surface area contributed by atoms with E-state index in [1.54, 1.807) is 18.2 Å². The van der Waals surface area contributed by atoms with E-state index in [0.717, 1.165) is 12.8 Å². The summed E-state index contributed by atoms with van der Waals surface area (Å²) in [4.78, 5) is 12.3. The summed E-state index contributed by atoms with van der Waals surface area (Å²) >= 11 is 18.0. The summed E-state index contributed by atoms with van der Waals surface area (Å²) in [5, 5.41) is 3.66. The van der Waals surface area contributed by atoms with E-state index in [9.17, 15) is 13.2 Å². The molecule has 1 fully saturated rings. The van der Waals surface area contributed by atoms with Crippen LogP contribution in [0.2, 0.25) is 15.1 Å². The molecular formula is C19H19Cl3N2O4S. The molecule has 3 rings (SSSR count). The van der Waals surface area contributed by atoms with Crippen LogP contribution in [0, 0.1) is 0 Å². The monoisotopic (exact) mass is 476 g/mol. The molecule has 156 valence electrons. The van der Waals surface area contributed by atoms with Crippen molar-refractivity contribution in [3.05, 3.63) is 62.6 Å². The lowest BCUT2D eigenvalue weighted by Crippen LogP contribution is -2.32. The largest absolute Gasteiger partial charge is 0.377 e. The second-order valence-corrected chi connectivity index (χ2v) is 9.54. The first-order valence-corrected chi connectivity index (χ1v) is 11.5. The first-order valence-electron chi connectivity index (χ1n) is 8.89. The summed E-state index contributed by atoms with van der Waals surface area (Å²) in [5.41, 5.74) is 0.849. The minimum Gasteiger partial charge on any atom is -0.377 e. The maximum atomic E-state index is 12.6. The van der Waals surface area contributed by atoms with Crippen molar-refractivity contribution in [3.63, 3.8) is 0 Å². The number of hydrogen-bond donors (Lipinski definition) is 2. The Morgan fingerprint density at radius 3 is 2.59 bits per heavy atom. The summed E-state index contributed by atoms with van der Waals surface area (Å²) in [6.07, 6.45) is 1.55. The van der Waals surface area contributed by atoms with E-state index in [1.165, 1.54) is 18.2 Å². The second-order valence-electron chi connectivity index (χ2n) is 6.55. The van der Waals surface area contributed by atoms with Crippen molar-refractivity contribution in [1.29, 1.82) is 0 Å². The Kier molecular flexibility index (Phi) is 7.42. The molecule has 0 aliphatic carbocycles. The maximum absolute atomic E-state index is 12.6. The highest BCUT2D eigenvalue weighted by Gasteiger charge is 2.23. The number of sulfonamides is 1. The summed E-state index contributed by atoms with van der Waals surface area (Å²) in [5.74, 6) is -0.455. The van der Waals surface area contributed by atoms with E-state index < -0.39 is 15.9 Å². The van der Waals surface area contributed by atoms with Gasteiger partial charge in [0.25, 0.3) is 5.91 Å². The fourth-order valence-corrected chi connectivity index (χ4v) is 4.94. The molecule has 0 spiro atoms. The number of carbonyl (C=O) groups is 1. The van der Waals surface area contributed by atoms with Crippen molar-refractivity contribution >= 4 is 50.7 Å². The van der Waals surface area contributed by atoms with E-state index in [-0.39, 0.29) is 34.7 Å². The van der Waals surface area contributed by atoms with E-state index in [1.807, 2.05) is 0 Å². The standard InChI is InChI=1S/C19H19Cl3N2O4S/c20-14-5-3-13(17(22)9-14)10-23-19(25)12-4-6-16(21)18(8-12)29(26,27)24-11-15-2-1-7-28-15/h3-6,8-9,15,24H,1-2,7,10-11H2,(H,23,25). The van der Waals surface area contributed by atoms with Crippen molar-refractivity contribution in [2.24, 2.45) is 0 Å². The Labute approximate surface area is 184 Å². The number of benzene rings is 2. The van der Waals surface area contributed by atoms with Crippen molar-refractivity contribution in [3.8, 4) is 0 Å². The molecule has 0 radical (unpaired) electrons. The molecule has 2 N–H and O–H groups in total. The Morgan fingerprint density at radius 1 is 1.10 bits per heavy atom. The summed E-state index contributed by atoms with van der Waals surface area (Å²) in [6.45, 7) is 0.946. The molecule has 0 bridgehead atoms. The zero-order valence-electron chi connectivity index (χ0n) is 15.3. The highest BCUT2D eigenvalue weighted by atomic mass is 35.5. The number of hydrogen-bond acceptors (Lipinski definition) is 4. The smallest absolute Gasteiger partial charge is 0.251 e. The molecule has 29 heavy (non-hydrogen) atoms. The topological polar surface area (TPSA) is 84.5 Å². The Morgan fingerprint density at radius 2 is 1.90 bits per heavy atom. The predicted octanol–water partition coefficient (Wildman–Crippen LogP) is 4.03. The zero-order chi connectivity index (χ0) is 21.0. The van der Waals surface area contributed by atoms with Gasteiger partial charge in [0, 0.05) is 35.3 Å². The van der Waals surface area contributed by atoms with Gasteiger partial charge in [-0.05, 0) is 48.7 Å². The molecule has 2 aromatic carbocycles. The molecule has 1 amide bonds. The molecule has 1 atom stereocenters. The predicted molar refractivity (Wildman–Crippen MR) is 113 cm³/mol. The lowest BCUT2D eigenvalue weighted by atomic mass is 10.2. The van der Waals surface area contributed by atoms with Gasteiger partial charge in [-0.2, -0.15) is 0 Å². The fourth-order valence-electron chi connectivity index (χ4n) is 2.88. The average molecular weight is 478 g/mol. The van der Waals surface area contributed by atoms with E-state index in [2.05, 4.69) is 10.0 Å². The van der Waals surface area contributed by atoms with E-state index in [4.69, 9.17) is 39.5 Å². The van der Waals surface area contributed by atoms with Crippen LogP contribution in [0.4, 0.5) is 0 Å². The third-order valence-electron chi connectivity index (χ3n) is 4.46. The first kappa shape index (κ1) is 22.3. The van der Waals surface area contributed by atoms with Crippen LogP contribution in [0.5, 0.6) is 0 Å². The number of amides is 1. The number of rotatable bonds is 7. The van der Waals surface area contributed by atoms with Gasteiger partial charge >= 0.3 is 0 Å². The number of halogens is 3. The van der Waals surface area contributed by atoms with Crippen molar-refractivity contribution < 1.29 is 17.9 Å². The van der Waals surface area contributed by atoms with Gasteiger partial charge < -0.3 is 10.1 Å². The summed E-state index contributed by atoms with van der Waals surface area (Å²) < 4.78 is 33.2. The second kappa shape index (κ2) is 9.64. The van der Waals surface area contributed by atoms with Crippen LogP contribution in [0.3, 0.4) is 0 Å². The Hall–Kier alpha value is -1.35. The van der Waals surface area contributed by atoms with Crippen molar-refractivity contribution in [1.82, 2.24) is 10.0 Å². The molecule has 1 saturated heterocycles. The minimum atomic E-state index is -3.89. The average Bonchev–Trinajstić information content (AvgIpc) is 3.19. The maximum Gasteiger partial charge on any atom is 0.251 e. The zero-order valence-corrected chi connectivity index (χ0v) is 18.3. The van der Waals surface area contributed by atoms with Gasteiger partial charge in [0.2, 0.25) is 10.0 Å². The number of ether oxygens (including phenoxy) is 1. The van der Waals surface area contributed by atoms with Crippen LogP contribution in [0.1, 0.15) is 28.8 Å². The van der Waals surface area contributed by atoms with Crippen LogP contribution in [0.25, 0.3) is 0 Å². The SMILES string of the molecule is O=C(NCc1ccc(Cl)cc1Cl)c1ccc(Cl)c(S(=O)(=O)NCC2CCCO2)c1. The fraction of sp³-hybridized carbons (Fsp3) is 0.316. The van der Waals surface area contributed by atoms with Crippen LogP contribution in [0.15, 0.2) is 41.3 Å². The lowest BCUT2D eigenvalue weighted by molar-refractivity contribution is 0.0950. The molecule has 6 nitrogen and oxygen atoms in total. The van der Waals surface area contributed by atoms with Crippen LogP contribution >= 0.6 is 34.8 Å². The number of nitrogens with one attached hydrogen (secondary N) is 2. The molecule has 2 aromatic rings. The summed E-state index contributed by atoms with van der Waals surface area (Å²) in [6, 6.07) is 9.04. The summed E-state index contributed by atoms with van der Waals surface area (Å²) in [7, 11) is -3.89. The van der Waals surface area contributed by atoms with Crippen LogP contribution < -0.4 is 10.0 Å². The Balaban J connectivity index is 1.70. The molecule has 1 heterocycles. The van der Waals surface area contributed by atoms with Gasteiger partial charge in [-0.1, -0.05) is 40.9 Å². The van der Waals surface area contributed by atoms with Crippen molar-refractivity contribution in [2.45, 2.75) is 30.4 Å². The number of carbonyl (C=O) groups excluding carboxylic acids is 1. The molecule has 1 aliphatic rings. The van der Waals surface area contributed by atoms with Crippen LogP contribution in [-0.4, -0.2) is 33.6 Å². The Bertz CT molecular complexity index is 1010. The van der Waals surface area contributed by atoms with Gasteiger partial charge in [-0.15, -0.1) is 0 Å². The molecular weight excluding hydrogens is 459 g/mol. The molecule has 1 aliphatic heterocycles. The van der Waals surface area contributed by atoms with Gasteiger partial charge in [-0.3, -0.25) is 4.79 Å². The molecule has 0 aromatic heterocycles. The normalized spacial score (nSPS) is 16.7. The third-order valence-corrected chi connectivity index (χ3v) is 6.95.